The summed E-state index contributed by atoms with van der Waals surface area (Å²) < 4.78 is 33.4. The standard InChI is InChI=1S/C10H12N4O5S.Na/c1-14-7-4-8(15)6(12-13-10(11)16)2-5(7)3-9(14)20(17,18)19;/h2,4,9,15H,3H2,1H3,(H2,11,16)(H,17,18,19);/q;+1/p-1/t9-;/m1./s1. The third kappa shape index (κ3) is 3.71. The van der Waals surface area contributed by atoms with Crippen molar-refractivity contribution in [2.24, 2.45) is 16.0 Å². The van der Waals surface area contributed by atoms with Crippen LogP contribution < -0.4 is 40.2 Å². The predicted molar refractivity (Wildman–Crippen MR) is 67.8 cm³/mol. The first kappa shape index (κ1) is 17.9. The van der Waals surface area contributed by atoms with Crippen LogP contribution in [0.1, 0.15) is 5.56 Å². The van der Waals surface area contributed by atoms with E-state index in [9.17, 15) is 22.9 Å². The molecule has 1 atom stereocenters. The number of nitrogens with zero attached hydrogens (tertiary/aromatic N) is 3. The van der Waals surface area contributed by atoms with Crippen molar-refractivity contribution in [3.63, 3.8) is 0 Å². The third-order valence-corrected chi connectivity index (χ3v) is 4.12. The van der Waals surface area contributed by atoms with Gasteiger partial charge in [-0.15, -0.1) is 5.11 Å². The number of carbonyl (C=O) groups excluding carboxylic acids is 1. The van der Waals surface area contributed by atoms with Crippen molar-refractivity contribution < 1.29 is 52.4 Å². The molecule has 1 heterocycles. The first-order valence-electron chi connectivity index (χ1n) is 5.44. The molecule has 3 N–H and O–H groups in total. The van der Waals surface area contributed by atoms with E-state index in [-0.39, 0.29) is 47.4 Å². The summed E-state index contributed by atoms with van der Waals surface area (Å²) in [4.78, 5) is 11.8. The molecule has 0 bridgehead atoms. The number of hydrogen-bond donors (Lipinski definition) is 2. The third-order valence-electron chi connectivity index (χ3n) is 2.97. The van der Waals surface area contributed by atoms with Gasteiger partial charge in [0.1, 0.15) is 26.9 Å². The maximum absolute atomic E-state index is 11.1. The molecule has 0 unspecified atom stereocenters. The van der Waals surface area contributed by atoms with Gasteiger partial charge < -0.3 is 20.3 Å². The molecule has 11 heteroatoms. The maximum Gasteiger partial charge on any atom is 1.00 e. The van der Waals surface area contributed by atoms with Gasteiger partial charge in [0, 0.05) is 25.2 Å². The average molecular weight is 322 g/mol. The molecular weight excluding hydrogens is 311 g/mol. The molecule has 0 aliphatic carbocycles. The average Bonchev–Trinajstić information content (AvgIpc) is 2.63. The van der Waals surface area contributed by atoms with Gasteiger partial charge in [0.2, 0.25) is 0 Å². The number of azo groups is 1. The molecule has 0 saturated carbocycles. The number of carbonyl (C=O) groups is 1. The molecule has 1 aromatic rings. The number of rotatable bonds is 2. The Kier molecular flexibility index (Phi) is 5.34. The summed E-state index contributed by atoms with van der Waals surface area (Å²) in [5, 5.41) is 15.0. The van der Waals surface area contributed by atoms with Gasteiger partial charge in [0.15, 0.2) is 0 Å². The van der Waals surface area contributed by atoms with Gasteiger partial charge in [-0.25, -0.2) is 13.2 Å². The van der Waals surface area contributed by atoms with Gasteiger partial charge >= 0.3 is 35.6 Å². The Balaban J connectivity index is 0.00000220. The molecule has 0 fully saturated rings. The number of fused-ring (bicyclic) bond motifs is 1. The van der Waals surface area contributed by atoms with Crippen LogP contribution in [0.4, 0.5) is 16.2 Å². The summed E-state index contributed by atoms with van der Waals surface area (Å²) in [6.07, 6.45) is -0.0307. The number of primary amides is 1. The molecule has 108 valence electrons. The zero-order valence-corrected chi connectivity index (χ0v) is 14.2. The second-order valence-electron chi connectivity index (χ2n) is 4.27. The molecule has 1 aromatic carbocycles. The number of phenols is 1. The van der Waals surface area contributed by atoms with E-state index in [1.54, 1.807) is 0 Å². The normalized spacial score (nSPS) is 17.6. The van der Waals surface area contributed by atoms with Crippen molar-refractivity contribution in [1.82, 2.24) is 0 Å². The van der Waals surface area contributed by atoms with Crippen molar-refractivity contribution in [3.8, 4) is 5.75 Å². The minimum atomic E-state index is -4.50. The first-order chi connectivity index (χ1) is 9.20. The number of phenolic OH excluding ortho intramolecular Hbond substituents is 1. The zero-order chi connectivity index (χ0) is 15.1. The largest absolute Gasteiger partial charge is 1.00 e. The van der Waals surface area contributed by atoms with Crippen LogP contribution in [0.5, 0.6) is 5.75 Å². The summed E-state index contributed by atoms with van der Waals surface area (Å²) in [6.45, 7) is 0. The fourth-order valence-electron chi connectivity index (χ4n) is 2.06. The Bertz CT molecular complexity index is 706. The van der Waals surface area contributed by atoms with E-state index < -0.39 is 21.5 Å². The van der Waals surface area contributed by atoms with E-state index >= 15 is 0 Å². The van der Waals surface area contributed by atoms with Gasteiger partial charge in [-0.2, -0.15) is 0 Å². The van der Waals surface area contributed by atoms with Gasteiger partial charge in [-0.05, 0) is 11.6 Å². The van der Waals surface area contributed by atoms with Crippen LogP contribution in [-0.4, -0.2) is 36.5 Å². The number of aromatic hydroxyl groups is 1. The molecule has 0 aromatic heterocycles. The Hall–Kier alpha value is -1.20. The fourth-order valence-corrected chi connectivity index (χ4v) is 2.94. The molecule has 9 nitrogen and oxygen atoms in total. The maximum atomic E-state index is 11.1. The van der Waals surface area contributed by atoms with Crippen molar-refractivity contribution in [3.05, 3.63) is 17.7 Å². The van der Waals surface area contributed by atoms with Crippen LogP contribution in [0, 0.1) is 0 Å². The van der Waals surface area contributed by atoms with Crippen LogP contribution in [0.25, 0.3) is 0 Å². The number of nitrogens with two attached hydrogens (primary N) is 1. The molecule has 1 aliphatic rings. The van der Waals surface area contributed by atoms with Crippen LogP contribution in [0.2, 0.25) is 0 Å². The zero-order valence-electron chi connectivity index (χ0n) is 11.3. The van der Waals surface area contributed by atoms with E-state index in [4.69, 9.17) is 5.73 Å². The number of benzene rings is 1. The number of hydrogen-bond acceptors (Lipinski definition) is 7. The van der Waals surface area contributed by atoms with E-state index in [0.717, 1.165) is 0 Å². The molecule has 2 rings (SSSR count). The first-order valence-corrected chi connectivity index (χ1v) is 6.92. The molecule has 21 heavy (non-hydrogen) atoms. The van der Waals surface area contributed by atoms with Crippen molar-refractivity contribution in [1.29, 1.82) is 0 Å². The number of likely N-dealkylation sites (N-methyl/N-ethyl adjacent to an activating group) is 1. The van der Waals surface area contributed by atoms with Gasteiger partial charge in [-0.1, -0.05) is 5.11 Å². The quantitative estimate of drug-likeness (QED) is 0.347. The topological polar surface area (TPSA) is 148 Å². The van der Waals surface area contributed by atoms with E-state index in [1.807, 2.05) is 0 Å². The van der Waals surface area contributed by atoms with Crippen molar-refractivity contribution in [2.75, 3.05) is 11.9 Å². The fraction of sp³-hybridized carbons (Fsp3) is 0.300. The number of amides is 2. The van der Waals surface area contributed by atoms with Gasteiger partial charge in [0.25, 0.3) is 0 Å². The second kappa shape index (κ2) is 6.28. The summed E-state index contributed by atoms with van der Waals surface area (Å²) in [5.41, 5.74) is 5.68. The Labute approximate surface area is 142 Å². The van der Waals surface area contributed by atoms with Crippen LogP contribution in [-0.2, 0) is 16.5 Å². The Morgan fingerprint density at radius 2 is 2.14 bits per heavy atom. The van der Waals surface area contributed by atoms with E-state index in [0.29, 0.717) is 11.3 Å². The molecular formula is C10H11N4NaO5S. The predicted octanol–water partition coefficient (Wildman–Crippen LogP) is -2.58. The molecule has 0 radical (unpaired) electrons. The Morgan fingerprint density at radius 3 is 2.67 bits per heavy atom. The van der Waals surface area contributed by atoms with Gasteiger partial charge in [0.05, 0.1) is 0 Å². The molecule has 1 aliphatic heterocycles. The van der Waals surface area contributed by atoms with Crippen molar-refractivity contribution >= 4 is 27.5 Å². The van der Waals surface area contributed by atoms with Crippen molar-refractivity contribution in [2.45, 2.75) is 11.8 Å². The minimum absolute atomic E-state index is 0. The molecule has 2 amide bonds. The SMILES string of the molecule is CN1c2cc(O)c(N=NC(N)=O)cc2C[C@H]1S(=O)(=O)[O-].[Na+]. The number of urea groups is 1. The monoisotopic (exact) mass is 322 g/mol. The smallest absolute Gasteiger partial charge is 0.746 e. The second-order valence-corrected chi connectivity index (χ2v) is 5.80. The van der Waals surface area contributed by atoms with E-state index in [1.165, 1.54) is 24.1 Å². The van der Waals surface area contributed by atoms with Gasteiger partial charge in [-0.3, -0.25) is 0 Å². The summed E-state index contributed by atoms with van der Waals surface area (Å²) in [6, 6.07) is 1.59. The molecule has 0 saturated heterocycles. The molecule has 0 spiro atoms. The summed E-state index contributed by atoms with van der Waals surface area (Å²) in [5.74, 6) is -0.301. The van der Waals surface area contributed by atoms with Crippen LogP contribution in [0.3, 0.4) is 0 Å². The van der Waals surface area contributed by atoms with E-state index in [2.05, 4.69) is 10.2 Å². The Morgan fingerprint density at radius 1 is 1.52 bits per heavy atom. The summed E-state index contributed by atoms with van der Waals surface area (Å²) >= 11 is 0. The minimum Gasteiger partial charge on any atom is -0.746 e. The van der Waals surface area contributed by atoms with Crippen LogP contribution >= 0.6 is 0 Å². The summed E-state index contributed by atoms with van der Waals surface area (Å²) in [7, 11) is -3.06. The number of anilines is 1. The van der Waals surface area contributed by atoms with Crippen LogP contribution in [0.15, 0.2) is 22.4 Å².